The maximum absolute atomic E-state index is 5.73. The van der Waals surface area contributed by atoms with Crippen LogP contribution in [0.4, 0.5) is 0 Å². The second-order valence-corrected chi connectivity index (χ2v) is 3.94. The van der Waals surface area contributed by atoms with E-state index >= 15 is 0 Å². The van der Waals surface area contributed by atoms with Crippen LogP contribution in [-0.2, 0) is 7.05 Å². The number of pyridine rings is 1. The summed E-state index contributed by atoms with van der Waals surface area (Å²) in [6.45, 7) is 4.01. The van der Waals surface area contributed by atoms with Crippen molar-refractivity contribution in [2.75, 3.05) is 0 Å². The summed E-state index contributed by atoms with van der Waals surface area (Å²) in [5.41, 5.74) is 2.00. The van der Waals surface area contributed by atoms with Crippen LogP contribution in [-0.4, -0.2) is 20.9 Å². The van der Waals surface area contributed by atoms with Gasteiger partial charge >= 0.3 is 0 Å². The van der Waals surface area contributed by atoms with Crippen molar-refractivity contribution in [1.29, 1.82) is 0 Å². The largest absolute Gasteiger partial charge is 0.490 e. The van der Waals surface area contributed by atoms with Crippen LogP contribution in [0, 0.1) is 0 Å². The van der Waals surface area contributed by atoms with Gasteiger partial charge in [-0.15, -0.1) is 0 Å². The SMILES string of the molecule is CC(C)Oc1ccncc1-c1cnn(C)c1. The standard InChI is InChI=1S/C12H15N3O/c1-9(2)16-12-4-5-13-7-11(12)10-6-14-15(3)8-10/h4-9H,1-3H3. The van der Waals surface area contributed by atoms with Gasteiger partial charge in [-0.1, -0.05) is 0 Å². The van der Waals surface area contributed by atoms with Crippen LogP contribution in [0.1, 0.15) is 13.8 Å². The summed E-state index contributed by atoms with van der Waals surface area (Å²) in [5.74, 6) is 0.845. The molecule has 0 N–H and O–H groups in total. The molecule has 0 saturated carbocycles. The average molecular weight is 217 g/mol. The fourth-order valence-corrected chi connectivity index (χ4v) is 1.52. The molecular formula is C12H15N3O. The predicted molar refractivity (Wildman–Crippen MR) is 62.2 cm³/mol. The Balaban J connectivity index is 2.40. The van der Waals surface area contributed by atoms with Gasteiger partial charge in [0.15, 0.2) is 0 Å². The van der Waals surface area contributed by atoms with Gasteiger partial charge in [-0.3, -0.25) is 9.67 Å². The van der Waals surface area contributed by atoms with Gasteiger partial charge in [0, 0.05) is 36.8 Å². The Hall–Kier alpha value is -1.84. The van der Waals surface area contributed by atoms with Crippen molar-refractivity contribution in [1.82, 2.24) is 14.8 Å². The molecule has 0 aromatic carbocycles. The van der Waals surface area contributed by atoms with Crippen LogP contribution in [0.5, 0.6) is 5.75 Å². The van der Waals surface area contributed by atoms with E-state index in [4.69, 9.17) is 4.74 Å². The molecule has 0 unspecified atom stereocenters. The van der Waals surface area contributed by atoms with Gasteiger partial charge in [-0.05, 0) is 19.9 Å². The maximum Gasteiger partial charge on any atom is 0.130 e. The Morgan fingerprint density at radius 3 is 2.75 bits per heavy atom. The maximum atomic E-state index is 5.73. The molecule has 0 spiro atoms. The van der Waals surface area contributed by atoms with Gasteiger partial charge in [0.2, 0.25) is 0 Å². The van der Waals surface area contributed by atoms with E-state index in [0.29, 0.717) is 0 Å². The molecule has 16 heavy (non-hydrogen) atoms. The highest BCUT2D eigenvalue weighted by Gasteiger charge is 2.09. The Labute approximate surface area is 94.9 Å². The molecule has 0 aliphatic heterocycles. The highest BCUT2D eigenvalue weighted by molar-refractivity contribution is 5.67. The lowest BCUT2D eigenvalue weighted by atomic mass is 10.1. The average Bonchev–Trinajstić information content (AvgIpc) is 2.65. The lowest BCUT2D eigenvalue weighted by Gasteiger charge is -2.12. The zero-order valence-corrected chi connectivity index (χ0v) is 9.71. The van der Waals surface area contributed by atoms with E-state index in [9.17, 15) is 0 Å². The summed E-state index contributed by atoms with van der Waals surface area (Å²) in [5, 5.41) is 4.15. The van der Waals surface area contributed by atoms with Crippen LogP contribution in [0.25, 0.3) is 11.1 Å². The van der Waals surface area contributed by atoms with Gasteiger partial charge in [0.1, 0.15) is 5.75 Å². The van der Waals surface area contributed by atoms with Crippen LogP contribution >= 0.6 is 0 Å². The summed E-state index contributed by atoms with van der Waals surface area (Å²) in [7, 11) is 1.89. The predicted octanol–water partition coefficient (Wildman–Crippen LogP) is 2.27. The Morgan fingerprint density at radius 1 is 1.31 bits per heavy atom. The minimum atomic E-state index is 0.151. The number of aryl methyl sites for hydroxylation is 1. The molecule has 0 aliphatic rings. The molecule has 0 bridgehead atoms. The summed E-state index contributed by atoms with van der Waals surface area (Å²) in [4.78, 5) is 4.12. The van der Waals surface area contributed by atoms with Crippen molar-refractivity contribution in [2.24, 2.45) is 7.05 Å². The first-order valence-corrected chi connectivity index (χ1v) is 5.26. The third kappa shape index (κ3) is 2.21. The molecular weight excluding hydrogens is 202 g/mol. The van der Waals surface area contributed by atoms with E-state index < -0.39 is 0 Å². The molecule has 0 fully saturated rings. The van der Waals surface area contributed by atoms with E-state index in [-0.39, 0.29) is 6.10 Å². The van der Waals surface area contributed by atoms with Gasteiger partial charge < -0.3 is 4.74 Å². The molecule has 0 aliphatic carbocycles. The van der Waals surface area contributed by atoms with E-state index in [2.05, 4.69) is 10.1 Å². The molecule has 0 radical (unpaired) electrons. The van der Waals surface area contributed by atoms with Crippen LogP contribution in [0.2, 0.25) is 0 Å². The van der Waals surface area contributed by atoms with E-state index in [1.54, 1.807) is 17.1 Å². The lowest BCUT2D eigenvalue weighted by Crippen LogP contribution is -2.06. The Bertz CT molecular complexity index is 477. The quantitative estimate of drug-likeness (QED) is 0.791. The van der Waals surface area contributed by atoms with Crippen LogP contribution < -0.4 is 4.74 Å². The summed E-state index contributed by atoms with van der Waals surface area (Å²) in [6.07, 6.45) is 7.44. The third-order valence-electron chi connectivity index (χ3n) is 2.16. The molecule has 4 nitrogen and oxygen atoms in total. The molecule has 84 valence electrons. The van der Waals surface area contributed by atoms with E-state index in [1.807, 2.05) is 39.4 Å². The van der Waals surface area contributed by atoms with Crippen molar-refractivity contribution in [3.8, 4) is 16.9 Å². The number of rotatable bonds is 3. The zero-order chi connectivity index (χ0) is 11.5. The summed E-state index contributed by atoms with van der Waals surface area (Å²) >= 11 is 0. The molecule has 0 atom stereocenters. The summed E-state index contributed by atoms with van der Waals surface area (Å²) < 4.78 is 7.50. The molecule has 0 saturated heterocycles. The third-order valence-corrected chi connectivity index (χ3v) is 2.16. The van der Waals surface area contributed by atoms with Crippen LogP contribution in [0.3, 0.4) is 0 Å². The van der Waals surface area contributed by atoms with Crippen molar-refractivity contribution < 1.29 is 4.74 Å². The minimum Gasteiger partial charge on any atom is -0.490 e. The first kappa shape index (κ1) is 10.7. The van der Waals surface area contributed by atoms with Crippen molar-refractivity contribution >= 4 is 0 Å². The topological polar surface area (TPSA) is 39.9 Å². The molecule has 2 heterocycles. The number of nitrogens with zero attached hydrogens (tertiary/aromatic N) is 3. The smallest absolute Gasteiger partial charge is 0.130 e. The van der Waals surface area contributed by atoms with Gasteiger partial charge in [-0.25, -0.2) is 0 Å². The number of aromatic nitrogens is 3. The normalized spacial score (nSPS) is 10.8. The van der Waals surface area contributed by atoms with Gasteiger partial charge in [0.05, 0.1) is 12.3 Å². The molecule has 4 heteroatoms. The van der Waals surface area contributed by atoms with Crippen molar-refractivity contribution in [2.45, 2.75) is 20.0 Å². The Kier molecular flexibility index (Phi) is 2.90. The van der Waals surface area contributed by atoms with Crippen LogP contribution in [0.15, 0.2) is 30.9 Å². The monoisotopic (exact) mass is 217 g/mol. The molecule has 0 amide bonds. The fourth-order valence-electron chi connectivity index (χ4n) is 1.52. The first-order chi connectivity index (χ1) is 7.66. The van der Waals surface area contributed by atoms with Gasteiger partial charge in [0.25, 0.3) is 0 Å². The summed E-state index contributed by atoms with van der Waals surface area (Å²) in [6, 6.07) is 1.88. The highest BCUT2D eigenvalue weighted by atomic mass is 16.5. The van der Waals surface area contributed by atoms with E-state index in [1.165, 1.54) is 0 Å². The number of hydrogen-bond acceptors (Lipinski definition) is 3. The van der Waals surface area contributed by atoms with Gasteiger partial charge in [-0.2, -0.15) is 5.10 Å². The Morgan fingerprint density at radius 2 is 2.12 bits per heavy atom. The lowest BCUT2D eigenvalue weighted by molar-refractivity contribution is 0.243. The fraction of sp³-hybridized carbons (Fsp3) is 0.333. The zero-order valence-electron chi connectivity index (χ0n) is 9.71. The second-order valence-electron chi connectivity index (χ2n) is 3.94. The number of ether oxygens (including phenoxy) is 1. The molecule has 2 rings (SSSR count). The number of hydrogen-bond donors (Lipinski definition) is 0. The highest BCUT2D eigenvalue weighted by Crippen LogP contribution is 2.28. The van der Waals surface area contributed by atoms with Crippen molar-refractivity contribution in [3.63, 3.8) is 0 Å². The minimum absolute atomic E-state index is 0.151. The molecule has 2 aromatic heterocycles. The van der Waals surface area contributed by atoms with Crippen molar-refractivity contribution in [3.05, 3.63) is 30.9 Å². The second kappa shape index (κ2) is 4.35. The van der Waals surface area contributed by atoms with E-state index in [0.717, 1.165) is 16.9 Å². The first-order valence-electron chi connectivity index (χ1n) is 5.26. The molecule has 2 aromatic rings.